The highest BCUT2D eigenvalue weighted by molar-refractivity contribution is 8.00. The molecule has 6 rings (SSSR count). The van der Waals surface area contributed by atoms with Crippen LogP contribution in [0.4, 0.5) is 19.7 Å². The number of halogens is 1. The standard InChI is InChI=1S/C41H42FN3O9S/c1-40(2,3)53-38(49)43-31-35(47)45-32(37(48)52-33(24-13-9-7-10-14-24)25-15-11-8-12-16-25)27(23-55-36(31)45)21-26-19-20-44(34(26)46)30-18-17-28(22-29(30)42)51-39(50)54-41(4,5)6/h7-18,21-22,31,33,36H,19-20,23H2,1-6H3,(H,43,49)/b26-21+/t31-,36-/m1/s1. The molecule has 2 saturated heterocycles. The number of benzene rings is 3. The Hall–Kier alpha value is -5.63. The van der Waals surface area contributed by atoms with Gasteiger partial charge in [-0.25, -0.2) is 18.8 Å². The van der Waals surface area contributed by atoms with Crippen LogP contribution >= 0.6 is 11.8 Å². The van der Waals surface area contributed by atoms with Crippen LogP contribution in [0, 0.1) is 5.82 Å². The number of nitrogens with zero attached hydrogens (tertiary/aromatic N) is 2. The quantitative estimate of drug-likeness (QED) is 0.0822. The molecule has 0 aliphatic carbocycles. The predicted octanol–water partition coefficient (Wildman–Crippen LogP) is 7.20. The van der Waals surface area contributed by atoms with E-state index in [0.29, 0.717) is 16.7 Å². The Labute approximate surface area is 322 Å². The van der Waals surface area contributed by atoms with Crippen LogP contribution in [0.15, 0.2) is 102 Å². The average molecular weight is 772 g/mol. The number of amides is 3. The van der Waals surface area contributed by atoms with Gasteiger partial charge in [0.2, 0.25) is 0 Å². The number of alkyl carbamates (subject to hydrolysis) is 1. The number of anilines is 1. The summed E-state index contributed by atoms with van der Waals surface area (Å²) in [5, 5.41) is 1.98. The number of thioether (sulfide) groups is 1. The molecule has 0 radical (unpaired) electrons. The molecule has 288 valence electrons. The molecule has 0 spiro atoms. The number of rotatable bonds is 8. The Morgan fingerprint density at radius 1 is 0.891 bits per heavy atom. The molecule has 3 heterocycles. The molecule has 3 aliphatic heterocycles. The first kappa shape index (κ1) is 39.1. The van der Waals surface area contributed by atoms with Crippen LogP contribution in [0.1, 0.15) is 65.2 Å². The van der Waals surface area contributed by atoms with Crippen molar-refractivity contribution in [1.29, 1.82) is 0 Å². The smallest absolute Gasteiger partial charge is 0.448 e. The van der Waals surface area contributed by atoms with Gasteiger partial charge >= 0.3 is 18.2 Å². The van der Waals surface area contributed by atoms with Crippen LogP contribution in [0.2, 0.25) is 0 Å². The van der Waals surface area contributed by atoms with E-state index in [-0.39, 0.29) is 41.4 Å². The van der Waals surface area contributed by atoms with Crippen LogP contribution in [-0.2, 0) is 28.6 Å². The van der Waals surface area contributed by atoms with Crippen molar-refractivity contribution in [3.05, 3.63) is 119 Å². The van der Waals surface area contributed by atoms with Crippen molar-refractivity contribution < 1.29 is 47.3 Å². The molecule has 12 nitrogen and oxygen atoms in total. The van der Waals surface area contributed by atoms with E-state index in [0.717, 1.165) is 6.07 Å². The van der Waals surface area contributed by atoms with Crippen LogP contribution in [-0.4, -0.2) is 69.8 Å². The minimum absolute atomic E-state index is 0.0285. The fourth-order valence-electron chi connectivity index (χ4n) is 6.25. The van der Waals surface area contributed by atoms with Crippen LogP contribution in [0.5, 0.6) is 5.75 Å². The Balaban J connectivity index is 1.30. The van der Waals surface area contributed by atoms with Gasteiger partial charge in [0.25, 0.3) is 11.8 Å². The van der Waals surface area contributed by atoms with E-state index >= 15 is 4.39 Å². The molecule has 0 saturated carbocycles. The minimum Gasteiger partial charge on any atom is -0.448 e. The van der Waals surface area contributed by atoms with Crippen molar-refractivity contribution in [3.63, 3.8) is 0 Å². The van der Waals surface area contributed by atoms with E-state index in [9.17, 15) is 24.0 Å². The summed E-state index contributed by atoms with van der Waals surface area (Å²) in [5.74, 6) is -2.54. The molecule has 3 aromatic carbocycles. The van der Waals surface area contributed by atoms with Crippen LogP contribution in [0.25, 0.3) is 0 Å². The molecule has 55 heavy (non-hydrogen) atoms. The lowest BCUT2D eigenvalue weighted by molar-refractivity contribution is -0.153. The lowest BCUT2D eigenvalue weighted by Crippen LogP contribution is -2.70. The van der Waals surface area contributed by atoms with Crippen molar-refractivity contribution in [3.8, 4) is 5.75 Å². The van der Waals surface area contributed by atoms with Crippen LogP contribution in [0.3, 0.4) is 0 Å². The second-order valence-electron chi connectivity index (χ2n) is 15.1. The molecule has 2 atom stereocenters. The van der Waals surface area contributed by atoms with Gasteiger partial charge in [0.15, 0.2) is 11.9 Å². The van der Waals surface area contributed by atoms with Gasteiger partial charge in [-0.15, -0.1) is 11.8 Å². The third-order valence-corrected chi connectivity index (χ3v) is 9.87. The van der Waals surface area contributed by atoms with Gasteiger partial charge < -0.3 is 29.2 Å². The van der Waals surface area contributed by atoms with Gasteiger partial charge in [0.05, 0.1) is 5.69 Å². The summed E-state index contributed by atoms with van der Waals surface area (Å²) in [4.78, 5) is 69.2. The van der Waals surface area contributed by atoms with E-state index in [1.165, 1.54) is 33.7 Å². The van der Waals surface area contributed by atoms with Crippen molar-refractivity contribution in [2.75, 3.05) is 17.2 Å². The zero-order valence-electron chi connectivity index (χ0n) is 31.3. The average Bonchev–Trinajstić information content (AvgIpc) is 3.47. The maximum Gasteiger partial charge on any atom is 0.514 e. The second-order valence-corrected chi connectivity index (χ2v) is 16.2. The number of carbonyl (C=O) groups excluding carboxylic acids is 5. The van der Waals surface area contributed by atoms with E-state index in [2.05, 4.69) is 5.32 Å². The highest BCUT2D eigenvalue weighted by Gasteiger charge is 2.55. The van der Waals surface area contributed by atoms with Crippen molar-refractivity contribution in [2.45, 2.75) is 76.7 Å². The lowest BCUT2D eigenvalue weighted by atomic mass is 10.00. The Morgan fingerprint density at radius 2 is 1.51 bits per heavy atom. The van der Waals surface area contributed by atoms with Crippen molar-refractivity contribution in [1.82, 2.24) is 10.2 Å². The summed E-state index contributed by atoms with van der Waals surface area (Å²) in [6, 6.07) is 21.1. The van der Waals surface area contributed by atoms with Crippen LogP contribution < -0.4 is 15.0 Å². The number of β-lactam (4-membered cyclic amide) rings is 1. The highest BCUT2D eigenvalue weighted by Crippen LogP contribution is 2.43. The van der Waals surface area contributed by atoms with Gasteiger partial charge in [0.1, 0.15) is 34.1 Å². The van der Waals surface area contributed by atoms with Crippen molar-refractivity contribution in [2.24, 2.45) is 0 Å². The highest BCUT2D eigenvalue weighted by atomic mass is 32.2. The van der Waals surface area contributed by atoms with E-state index < -0.39 is 64.6 Å². The molecule has 0 unspecified atom stereocenters. The van der Waals surface area contributed by atoms with Gasteiger partial charge in [-0.1, -0.05) is 60.7 Å². The number of hydrogen-bond acceptors (Lipinski definition) is 10. The molecular formula is C41H42FN3O9S. The summed E-state index contributed by atoms with van der Waals surface area (Å²) in [6.45, 7) is 10.3. The largest absolute Gasteiger partial charge is 0.514 e. The molecule has 3 aliphatic rings. The Morgan fingerprint density at radius 3 is 2.09 bits per heavy atom. The van der Waals surface area contributed by atoms with E-state index in [4.69, 9.17) is 18.9 Å². The zero-order chi connectivity index (χ0) is 39.7. The Kier molecular flexibility index (Phi) is 11.1. The summed E-state index contributed by atoms with van der Waals surface area (Å²) in [5.41, 5.74) is 0.366. The summed E-state index contributed by atoms with van der Waals surface area (Å²) >= 11 is 1.31. The number of ether oxygens (including phenoxy) is 4. The topological polar surface area (TPSA) is 141 Å². The van der Waals surface area contributed by atoms with Gasteiger partial charge in [0, 0.05) is 23.9 Å². The molecule has 1 N–H and O–H groups in total. The molecule has 0 aromatic heterocycles. The predicted molar refractivity (Wildman–Crippen MR) is 202 cm³/mol. The first-order valence-corrected chi connectivity index (χ1v) is 18.7. The second kappa shape index (κ2) is 15.6. The minimum atomic E-state index is -0.996. The summed E-state index contributed by atoms with van der Waals surface area (Å²) in [6.07, 6.45) is -0.827. The van der Waals surface area contributed by atoms with Crippen molar-refractivity contribution >= 4 is 47.5 Å². The van der Waals surface area contributed by atoms with Gasteiger partial charge in [-0.05, 0) is 82.9 Å². The molecule has 14 heteroatoms. The Bertz CT molecular complexity index is 2020. The summed E-state index contributed by atoms with van der Waals surface area (Å²) in [7, 11) is 0. The fraction of sp³-hybridized carbons (Fsp3) is 0.341. The molecular weight excluding hydrogens is 730 g/mol. The number of nitrogens with one attached hydrogen (secondary N) is 1. The summed E-state index contributed by atoms with van der Waals surface area (Å²) < 4.78 is 37.2. The number of hydrogen-bond donors (Lipinski definition) is 1. The number of carbonyl (C=O) groups is 5. The maximum atomic E-state index is 15.4. The lowest BCUT2D eigenvalue weighted by Gasteiger charge is -2.49. The van der Waals surface area contributed by atoms with Gasteiger partial charge in [-0.3, -0.25) is 14.5 Å². The molecule has 0 bridgehead atoms. The number of fused-ring (bicyclic) bond motifs is 1. The third-order valence-electron chi connectivity index (χ3n) is 8.57. The molecule has 3 amide bonds. The SMILES string of the molecule is CC(C)(C)OC(=O)N[C@@H]1C(=O)N2C(C(=O)OC(c3ccccc3)c3ccccc3)=C(/C=C3\CCN(c4ccc(OC(=O)OC(C)(C)C)cc4F)C3=O)CS[C@H]12. The first-order valence-electron chi connectivity index (χ1n) is 17.7. The number of allylic oxidation sites excluding steroid dienone is 1. The van der Waals surface area contributed by atoms with E-state index in [1.54, 1.807) is 47.6 Å². The third kappa shape index (κ3) is 9.02. The van der Waals surface area contributed by atoms with E-state index in [1.807, 2.05) is 60.7 Å². The first-order chi connectivity index (χ1) is 26.0. The monoisotopic (exact) mass is 771 g/mol. The molecule has 2 fully saturated rings. The van der Waals surface area contributed by atoms with Gasteiger partial charge in [-0.2, -0.15) is 0 Å². The molecule has 3 aromatic rings. The maximum absolute atomic E-state index is 15.4. The fourth-order valence-corrected chi connectivity index (χ4v) is 7.56. The zero-order valence-corrected chi connectivity index (χ0v) is 32.1. The number of esters is 1. The normalized spacial score (nSPS) is 19.2.